The Kier molecular flexibility index (Phi) is 7.13. The minimum absolute atomic E-state index is 0.00568. The van der Waals surface area contributed by atoms with Crippen molar-refractivity contribution in [2.24, 2.45) is 0 Å². The zero-order valence-electron chi connectivity index (χ0n) is 19.2. The lowest BCUT2D eigenvalue weighted by atomic mass is 9.98. The Morgan fingerprint density at radius 1 is 0.939 bits per heavy atom. The number of benzene rings is 3. The van der Waals surface area contributed by atoms with Crippen molar-refractivity contribution in [1.82, 2.24) is 10.2 Å². The molecule has 33 heavy (non-hydrogen) atoms. The van der Waals surface area contributed by atoms with Gasteiger partial charge in [-0.2, -0.15) is 0 Å². The molecule has 0 atom stereocenters. The second kappa shape index (κ2) is 10.4. The summed E-state index contributed by atoms with van der Waals surface area (Å²) in [5, 5.41) is 4.96. The third kappa shape index (κ3) is 5.28. The van der Waals surface area contributed by atoms with Crippen LogP contribution in [0, 0.1) is 0 Å². The normalized spacial score (nSPS) is 12.8. The summed E-state index contributed by atoms with van der Waals surface area (Å²) in [6.45, 7) is 6.11. The van der Waals surface area contributed by atoms with E-state index in [9.17, 15) is 9.59 Å². The number of hydrogen-bond acceptors (Lipinski definition) is 4. The van der Waals surface area contributed by atoms with Gasteiger partial charge in [0, 0.05) is 13.1 Å². The zero-order chi connectivity index (χ0) is 23.2. The summed E-state index contributed by atoms with van der Waals surface area (Å²) >= 11 is 0. The van der Waals surface area contributed by atoms with Crippen LogP contribution in [0.5, 0.6) is 11.5 Å². The number of nitrogens with one attached hydrogen (secondary N) is 1. The van der Waals surface area contributed by atoms with Crippen molar-refractivity contribution in [1.29, 1.82) is 0 Å². The van der Waals surface area contributed by atoms with Crippen LogP contribution in [0.25, 0.3) is 10.8 Å². The van der Waals surface area contributed by atoms with Gasteiger partial charge in [0.2, 0.25) is 11.8 Å². The SMILES string of the molecule is CCOc1cc2c(cc1OCC)CN(C(=O)CNC(=O)Cc1cccc3ccccc13)CC2. The van der Waals surface area contributed by atoms with Crippen molar-refractivity contribution in [3.05, 3.63) is 71.3 Å². The van der Waals surface area contributed by atoms with Crippen LogP contribution in [0.2, 0.25) is 0 Å². The molecule has 4 rings (SSSR count). The van der Waals surface area contributed by atoms with Crippen molar-refractivity contribution in [2.75, 3.05) is 26.3 Å². The van der Waals surface area contributed by atoms with Crippen molar-refractivity contribution < 1.29 is 19.1 Å². The van der Waals surface area contributed by atoms with Gasteiger partial charge in [-0.3, -0.25) is 9.59 Å². The van der Waals surface area contributed by atoms with Gasteiger partial charge in [0.05, 0.1) is 26.2 Å². The first-order chi connectivity index (χ1) is 16.1. The molecule has 0 radical (unpaired) electrons. The van der Waals surface area contributed by atoms with Crippen LogP contribution < -0.4 is 14.8 Å². The predicted octanol–water partition coefficient (Wildman–Crippen LogP) is 3.88. The van der Waals surface area contributed by atoms with E-state index in [0.29, 0.717) is 32.1 Å². The molecule has 0 saturated heterocycles. The largest absolute Gasteiger partial charge is 0.490 e. The number of ether oxygens (including phenoxy) is 2. The summed E-state index contributed by atoms with van der Waals surface area (Å²) in [6.07, 6.45) is 0.993. The molecule has 0 unspecified atom stereocenters. The van der Waals surface area contributed by atoms with E-state index in [-0.39, 0.29) is 24.8 Å². The summed E-state index contributed by atoms with van der Waals surface area (Å²) in [6, 6.07) is 17.9. The molecule has 0 aliphatic carbocycles. The molecule has 3 aromatic rings. The number of hydrogen-bond donors (Lipinski definition) is 1. The summed E-state index contributed by atoms with van der Waals surface area (Å²) in [7, 11) is 0. The predicted molar refractivity (Wildman–Crippen MR) is 129 cm³/mol. The van der Waals surface area contributed by atoms with E-state index in [1.54, 1.807) is 4.90 Å². The van der Waals surface area contributed by atoms with E-state index in [1.165, 1.54) is 5.56 Å². The Balaban J connectivity index is 1.37. The number of amides is 2. The van der Waals surface area contributed by atoms with Crippen molar-refractivity contribution in [2.45, 2.75) is 33.2 Å². The molecular formula is C27H30N2O4. The minimum Gasteiger partial charge on any atom is -0.490 e. The monoisotopic (exact) mass is 446 g/mol. The standard InChI is InChI=1S/C27H30N2O4/c1-3-32-24-14-20-12-13-29(18-22(20)15-25(24)33-4-2)27(31)17-28-26(30)16-21-10-7-9-19-8-5-6-11-23(19)21/h5-11,14-15H,3-4,12-13,16-18H2,1-2H3,(H,28,30). The molecule has 2 amide bonds. The third-order valence-corrected chi connectivity index (χ3v) is 5.90. The molecule has 3 aromatic carbocycles. The molecule has 172 valence electrons. The molecule has 0 aromatic heterocycles. The third-order valence-electron chi connectivity index (χ3n) is 5.90. The van der Waals surface area contributed by atoms with E-state index in [4.69, 9.17) is 9.47 Å². The number of rotatable bonds is 8. The molecule has 6 heteroatoms. The van der Waals surface area contributed by atoms with Gasteiger partial charge in [-0.15, -0.1) is 0 Å². The topological polar surface area (TPSA) is 67.9 Å². The van der Waals surface area contributed by atoms with Crippen LogP contribution in [0.1, 0.15) is 30.5 Å². The van der Waals surface area contributed by atoms with E-state index in [1.807, 2.05) is 68.4 Å². The Morgan fingerprint density at radius 2 is 1.64 bits per heavy atom. The van der Waals surface area contributed by atoms with Gasteiger partial charge in [-0.05, 0) is 59.9 Å². The van der Waals surface area contributed by atoms with E-state index < -0.39 is 0 Å². The highest BCUT2D eigenvalue weighted by molar-refractivity contribution is 5.91. The number of carbonyl (C=O) groups is 2. The molecule has 1 aliphatic heterocycles. The molecule has 0 bridgehead atoms. The summed E-state index contributed by atoms with van der Waals surface area (Å²) in [5.41, 5.74) is 3.19. The average molecular weight is 447 g/mol. The van der Waals surface area contributed by atoms with Crippen molar-refractivity contribution in [3.63, 3.8) is 0 Å². The van der Waals surface area contributed by atoms with Crippen LogP contribution in [0.15, 0.2) is 54.6 Å². The Morgan fingerprint density at radius 3 is 2.39 bits per heavy atom. The fraction of sp³-hybridized carbons (Fsp3) is 0.333. The van der Waals surface area contributed by atoms with E-state index in [2.05, 4.69) is 5.32 Å². The molecular weight excluding hydrogens is 416 g/mol. The van der Waals surface area contributed by atoms with Crippen LogP contribution in [0.3, 0.4) is 0 Å². The molecule has 0 spiro atoms. The summed E-state index contributed by atoms with van der Waals surface area (Å²) < 4.78 is 11.4. The molecule has 0 fully saturated rings. The first-order valence-corrected chi connectivity index (χ1v) is 11.5. The second-order valence-corrected chi connectivity index (χ2v) is 8.09. The van der Waals surface area contributed by atoms with E-state index >= 15 is 0 Å². The van der Waals surface area contributed by atoms with Gasteiger partial charge in [-0.1, -0.05) is 42.5 Å². The lowest BCUT2D eigenvalue weighted by Gasteiger charge is -2.30. The Hall–Kier alpha value is -3.54. The molecule has 0 saturated carbocycles. The van der Waals surface area contributed by atoms with Gasteiger partial charge in [0.25, 0.3) is 0 Å². The van der Waals surface area contributed by atoms with Gasteiger partial charge in [0.1, 0.15) is 0 Å². The fourth-order valence-electron chi connectivity index (χ4n) is 4.28. The first kappa shape index (κ1) is 22.6. The molecule has 1 heterocycles. The van der Waals surface area contributed by atoms with Crippen LogP contribution in [-0.2, 0) is 29.0 Å². The average Bonchev–Trinajstić information content (AvgIpc) is 2.83. The Labute approximate surface area is 194 Å². The number of carbonyl (C=O) groups excluding carboxylic acids is 2. The second-order valence-electron chi connectivity index (χ2n) is 8.09. The molecule has 1 aliphatic rings. The maximum absolute atomic E-state index is 12.8. The Bertz CT molecular complexity index is 1150. The van der Waals surface area contributed by atoms with Gasteiger partial charge in [-0.25, -0.2) is 0 Å². The smallest absolute Gasteiger partial charge is 0.242 e. The van der Waals surface area contributed by atoms with Gasteiger partial charge >= 0.3 is 0 Å². The lowest BCUT2D eigenvalue weighted by molar-refractivity contribution is -0.133. The van der Waals surface area contributed by atoms with Gasteiger partial charge in [0.15, 0.2) is 11.5 Å². The fourth-order valence-corrected chi connectivity index (χ4v) is 4.28. The number of nitrogens with zero attached hydrogens (tertiary/aromatic N) is 1. The molecule has 6 nitrogen and oxygen atoms in total. The quantitative estimate of drug-likeness (QED) is 0.570. The molecule has 1 N–H and O–H groups in total. The number of fused-ring (bicyclic) bond motifs is 2. The summed E-state index contributed by atoms with van der Waals surface area (Å²) in [5.74, 6) is 1.21. The van der Waals surface area contributed by atoms with Crippen LogP contribution in [0.4, 0.5) is 0 Å². The highest BCUT2D eigenvalue weighted by Crippen LogP contribution is 2.34. The van der Waals surface area contributed by atoms with Gasteiger partial charge < -0.3 is 19.7 Å². The highest BCUT2D eigenvalue weighted by Gasteiger charge is 2.23. The van der Waals surface area contributed by atoms with Crippen molar-refractivity contribution in [3.8, 4) is 11.5 Å². The van der Waals surface area contributed by atoms with Crippen molar-refractivity contribution >= 4 is 22.6 Å². The highest BCUT2D eigenvalue weighted by atomic mass is 16.5. The van der Waals surface area contributed by atoms with Crippen LogP contribution >= 0.6 is 0 Å². The van der Waals surface area contributed by atoms with Crippen LogP contribution in [-0.4, -0.2) is 43.0 Å². The first-order valence-electron chi connectivity index (χ1n) is 11.5. The lowest BCUT2D eigenvalue weighted by Crippen LogP contribution is -2.42. The minimum atomic E-state index is -0.155. The van der Waals surface area contributed by atoms with E-state index in [0.717, 1.165) is 34.1 Å². The maximum atomic E-state index is 12.8. The summed E-state index contributed by atoms with van der Waals surface area (Å²) in [4.78, 5) is 27.1. The maximum Gasteiger partial charge on any atom is 0.242 e. The zero-order valence-corrected chi connectivity index (χ0v) is 19.2.